The van der Waals surface area contributed by atoms with Crippen molar-refractivity contribution in [3.8, 4) is 0 Å². The van der Waals surface area contributed by atoms with Gasteiger partial charge in [-0.25, -0.2) is 9.98 Å². The number of rotatable bonds is 3. The smallest absolute Gasteiger partial charge is 0.139 e. The van der Waals surface area contributed by atoms with Crippen molar-refractivity contribution in [1.82, 2.24) is 9.38 Å². The van der Waals surface area contributed by atoms with Crippen molar-refractivity contribution < 1.29 is 0 Å². The molecule has 4 rings (SSSR count). The highest BCUT2D eigenvalue weighted by Crippen LogP contribution is 2.20. The van der Waals surface area contributed by atoms with Gasteiger partial charge in [-0.05, 0) is 13.0 Å². The van der Waals surface area contributed by atoms with Crippen LogP contribution in [0.25, 0.3) is 5.65 Å². The average molecular weight is 311 g/mol. The Hall–Kier alpha value is -3.20. The average Bonchev–Trinajstić information content (AvgIpc) is 3.02. The molecule has 0 radical (unpaired) electrons. The van der Waals surface area contributed by atoms with Crippen molar-refractivity contribution in [3.05, 3.63) is 102 Å². The summed E-state index contributed by atoms with van der Waals surface area (Å²) in [5.74, 6) is 0. The van der Waals surface area contributed by atoms with Gasteiger partial charge in [0, 0.05) is 35.3 Å². The van der Waals surface area contributed by atoms with Gasteiger partial charge in [-0.3, -0.25) is 0 Å². The Morgan fingerprint density at radius 1 is 0.875 bits per heavy atom. The first-order valence-electron chi connectivity index (χ1n) is 7.94. The largest absolute Gasteiger partial charge is 0.304 e. The first-order chi connectivity index (χ1) is 11.8. The molecule has 0 spiro atoms. The zero-order valence-electron chi connectivity index (χ0n) is 13.4. The van der Waals surface area contributed by atoms with E-state index in [9.17, 15) is 0 Å². The minimum absolute atomic E-state index is 0.899. The molecule has 0 saturated heterocycles. The van der Waals surface area contributed by atoms with Gasteiger partial charge in [0.2, 0.25) is 0 Å². The molecule has 2 heterocycles. The maximum Gasteiger partial charge on any atom is 0.139 e. The number of nitrogens with zero attached hydrogens (tertiary/aromatic N) is 3. The molecule has 0 aliphatic heterocycles. The Labute approximate surface area is 141 Å². The highest BCUT2D eigenvalue weighted by Gasteiger charge is 2.07. The van der Waals surface area contributed by atoms with Crippen molar-refractivity contribution in [2.45, 2.75) is 6.92 Å². The summed E-state index contributed by atoms with van der Waals surface area (Å²) in [5.41, 5.74) is 6.09. The van der Waals surface area contributed by atoms with E-state index in [0.717, 1.165) is 33.9 Å². The Balaban J connectivity index is 1.86. The van der Waals surface area contributed by atoms with Crippen LogP contribution in [0, 0.1) is 6.92 Å². The summed E-state index contributed by atoms with van der Waals surface area (Å²) in [6.45, 7) is 2.04. The molecule has 0 unspecified atom stereocenters. The monoisotopic (exact) mass is 311 g/mol. The Morgan fingerprint density at radius 2 is 1.50 bits per heavy atom. The van der Waals surface area contributed by atoms with Crippen molar-refractivity contribution in [2.75, 3.05) is 0 Å². The Kier molecular flexibility index (Phi) is 3.67. The molecule has 24 heavy (non-hydrogen) atoms. The number of fused-ring (bicyclic) bond motifs is 1. The third kappa shape index (κ3) is 2.72. The summed E-state index contributed by atoms with van der Waals surface area (Å²) in [6.07, 6.45) is 3.89. The second-order valence-electron chi connectivity index (χ2n) is 5.71. The van der Waals surface area contributed by atoms with Crippen LogP contribution in [0.15, 0.2) is 90.2 Å². The van der Waals surface area contributed by atoms with Crippen LogP contribution in [-0.2, 0) is 0 Å². The lowest BCUT2D eigenvalue weighted by Crippen LogP contribution is -2.02. The molecule has 0 fully saturated rings. The van der Waals surface area contributed by atoms with Gasteiger partial charge in [-0.15, -0.1) is 0 Å². The van der Waals surface area contributed by atoms with Gasteiger partial charge in [0.15, 0.2) is 0 Å². The lowest BCUT2D eigenvalue weighted by atomic mass is 10.0. The minimum Gasteiger partial charge on any atom is -0.304 e. The molecule has 116 valence electrons. The number of pyridine rings is 1. The summed E-state index contributed by atoms with van der Waals surface area (Å²) in [6, 6.07) is 24.6. The molecule has 0 bridgehead atoms. The molecule has 4 aromatic rings. The third-order valence-corrected chi connectivity index (χ3v) is 4.02. The van der Waals surface area contributed by atoms with E-state index in [1.54, 1.807) is 0 Å². The summed E-state index contributed by atoms with van der Waals surface area (Å²) in [5, 5.41) is 0. The number of aliphatic imine (C=N–C) groups is 1. The lowest BCUT2D eigenvalue weighted by Gasteiger charge is -2.08. The van der Waals surface area contributed by atoms with Gasteiger partial charge in [0.25, 0.3) is 0 Å². The van der Waals surface area contributed by atoms with Gasteiger partial charge in [-0.1, -0.05) is 60.7 Å². The summed E-state index contributed by atoms with van der Waals surface area (Å²) < 4.78 is 2.06. The van der Waals surface area contributed by atoms with Crippen LogP contribution in [0.4, 0.5) is 5.69 Å². The molecule has 0 N–H and O–H groups in total. The number of aryl methyl sites for hydroxylation is 1. The van der Waals surface area contributed by atoms with E-state index in [4.69, 9.17) is 4.99 Å². The number of aromatic nitrogens is 2. The molecule has 0 amide bonds. The van der Waals surface area contributed by atoms with Crippen LogP contribution in [0.5, 0.6) is 0 Å². The number of benzene rings is 2. The molecule has 0 saturated carbocycles. The van der Waals surface area contributed by atoms with E-state index >= 15 is 0 Å². The van der Waals surface area contributed by atoms with Crippen LogP contribution in [-0.4, -0.2) is 15.1 Å². The molecule has 3 nitrogen and oxygen atoms in total. The molecule has 0 aliphatic carbocycles. The van der Waals surface area contributed by atoms with E-state index in [0.29, 0.717) is 0 Å². The number of hydrogen-bond acceptors (Lipinski definition) is 2. The van der Waals surface area contributed by atoms with Crippen LogP contribution in [0.3, 0.4) is 0 Å². The van der Waals surface area contributed by atoms with Gasteiger partial charge in [0.1, 0.15) is 5.65 Å². The molecule has 3 heteroatoms. The van der Waals surface area contributed by atoms with Crippen LogP contribution >= 0.6 is 0 Å². The zero-order valence-corrected chi connectivity index (χ0v) is 13.4. The molecule has 2 aromatic carbocycles. The predicted octanol–water partition coefficient (Wildman–Crippen LogP) is 4.81. The summed E-state index contributed by atoms with van der Waals surface area (Å²) >= 11 is 0. The zero-order chi connectivity index (χ0) is 16.4. The standard InChI is InChI=1S/C21H17N3/c1-16-15-22-20-14-19(12-13-24(16)20)23-21(17-8-4-2-5-9-17)18-10-6-3-7-11-18/h2-15H,1H3. The second kappa shape index (κ2) is 6.13. The van der Waals surface area contributed by atoms with Gasteiger partial charge in [-0.2, -0.15) is 0 Å². The fraction of sp³-hybridized carbons (Fsp3) is 0.0476. The number of hydrogen-bond donors (Lipinski definition) is 0. The first-order valence-corrected chi connectivity index (χ1v) is 7.94. The molecule has 0 aliphatic rings. The van der Waals surface area contributed by atoms with E-state index in [1.807, 2.05) is 67.8 Å². The summed E-state index contributed by atoms with van der Waals surface area (Å²) in [7, 11) is 0. The SMILES string of the molecule is Cc1cnc2cc(N=C(c3ccccc3)c3ccccc3)ccn12. The molecule has 2 aromatic heterocycles. The molecular weight excluding hydrogens is 294 g/mol. The Bertz CT molecular complexity index is 958. The second-order valence-corrected chi connectivity index (χ2v) is 5.71. The molecule has 0 atom stereocenters. The maximum absolute atomic E-state index is 4.92. The fourth-order valence-corrected chi connectivity index (χ4v) is 2.78. The fourth-order valence-electron chi connectivity index (χ4n) is 2.78. The van der Waals surface area contributed by atoms with Gasteiger partial charge < -0.3 is 4.40 Å². The third-order valence-electron chi connectivity index (χ3n) is 4.02. The van der Waals surface area contributed by atoms with Crippen molar-refractivity contribution in [2.24, 2.45) is 4.99 Å². The van der Waals surface area contributed by atoms with Crippen LogP contribution < -0.4 is 0 Å². The van der Waals surface area contributed by atoms with Crippen LogP contribution in [0.2, 0.25) is 0 Å². The van der Waals surface area contributed by atoms with Crippen LogP contribution in [0.1, 0.15) is 16.8 Å². The minimum atomic E-state index is 0.899. The van der Waals surface area contributed by atoms with Gasteiger partial charge >= 0.3 is 0 Å². The van der Waals surface area contributed by atoms with E-state index < -0.39 is 0 Å². The highest BCUT2D eigenvalue weighted by molar-refractivity contribution is 6.13. The first kappa shape index (κ1) is 14.4. The number of imidazole rings is 1. The van der Waals surface area contributed by atoms with E-state index in [2.05, 4.69) is 33.7 Å². The topological polar surface area (TPSA) is 29.7 Å². The van der Waals surface area contributed by atoms with Crippen molar-refractivity contribution in [3.63, 3.8) is 0 Å². The van der Waals surface area contributed by atoms with Gasteiger partial charge in [0.05, 0.1) is 11.4 Å². The highest BCUT2D eigenvalue weighted by atomic mass is 15.0. The lowest BCUT2D eigenvalue weighted by molar-refractivity contribution is 1.11. The maximum atomic E-state index is 4.92. The van der Waals surface area contributed by atoms with E-state index in [1.165, 1.54) is 0 Å². The van der Waals surface area contributed by atoms with E-state index in [-0.39, 0.29) is 0 Å². The molecular formula is C21H17N3. The van der Waals surface area contributed by atoms with Crippen molar-refractivity contribution >= 4 is 17.0 Å². The van der Waals surface area contributed by atoms with Crippen molar-refractivity contribution in [1.29, 1.82) is 0 Å². The Morgan fingerprint density at radius 3 is 2.12 bits per heavy atom. The summed E-state index contributed by atoms with van der Waals surface area (Å²) in [4.78, 5) is 9.35. The normalized spacial score (nSPS) is 10.7. The quantitative estimate of drug-likeness (QED) is 0.499. The predicted molar refractivity (Wildman–Crippen MR) is 98.1 cm³/mol.